The minimum absolute atomic E-state index is 0.0863. The van der Waals surface area contributed by atoms with E-state index in [4.69, 9.17) is 0 Å². The second-order valence-electron chi connectivity index (χ2n) is 6.52. The topological polar surface area (TPSA) is 30.0 Å². The molecule has 1 aromatic heterocycles. The minimum Gasteiger partial charge on any atom is -0.299 e. The van der Waals surface area contributed by atoms with Gasteiger partial charge in [0.1, 0.15) is 5.78 Å². The number of ketones is 1. The Hall–Kier alpha value is -1.18. The van der Waals surface area contributed by atoms with Crippen LogP contribution in [0.1, 0.15) is 75.0 Å². The quantitative estimate of drug-likeness (QED) is 0.761. The lowest BCUT2D eigenvalue weighted by atomic mass is 9.80. The van der Waals surface area contributed by atoms with Crippen LogP contribution in [-0.2, 0) is 11.2 Å². The van der Waals surface area contributed by atoms with Crippen molar-refractivity contribution in [1.29, 1.82) is 0 Å². The molecule has 2 aliphatic rings. The highest BCUT2D eigenvalue weighted by atomic mass is 16.1. The van der Waals surface area contributed by atoms with Crippen molar-refractivity contribution in [2.24, 2.45) is 5.92 Å². The maximum Gasteiger partial charge on any atom is 0.142 e. The molecule has 1 heterocycles. The van der Waals surface area contributed by atoms with Gasteiger partial charge in [0.25, 0.3) is 0 Å². The van der Waals surface area contributed by atoms with E-state index in [0.717, 1.165) is 31.4 Å². The van der Waals surface area contributed by atoms with Gasteiger partial charge in [0.05, 0.1) is 11.6 Å². The second-order valence-corrected chi connectivity index (χ2v) is 6.52. The first-order chi connectivity index (χ1) is 9.84. The first-order valence-corrected chi connectivity index (χ1v) is 8.31. The fraction of sp³-hybridized carbons (Fsp3) is 0.667. The largest absolute Gasteiger partial charge is 0.299 e. The average molecular weight is 271 g/mol. The summed E-state index contributed by atoms with van der Waals surface area (Å²) in [6.45, 7) is 0. The van der Waals surface area contributed by atoms with Crippen LogP contribution in [0.3, 0.4) is 0 Å². The lowest BCUT2D eigenvalue weighted by Gasteiger charge is -2.24. The molecule has 0 bridgehead atoms. The SMILES string of the molecule is O=C(CC1CCCCCC1)C1CCCc2cccnc21. The third-order valence-corrected chi connectivity index (χ3v) is 5.05. The Morgan fingerprint density at radius 1 is 1.10 bits per heavy atom. The van der Waals surface area contributed by atoms with Crippen molar-refractivity contribution in [1.82, 2.24) is 4.98 Å². The number of carbonyl (C=O) groups excluding carboxylic acids is 1. The molecule has 1 unspecified atom stereocenters. The van der Waals surface area contributed by atoms with Crippen LogP contribution in [0.25, 0.3) is 0 Å². The summed E-state index contributed by atoms with van der Waals surface area (Å²) in [5, 5.41) is 0. The Morgan fingerprint density at radius 2 is 1.90 bits per heavy atom. The van der Waals surface area contributed by atoms with Crippen LogP contribution < -0.4 is 0 Å². The molecule has 1 aromatic rings. The van der Waals surface area contributed by atoms with Gasteiger partial charge in [0, 0.05) is 12.6 Å². The summed E-state index contributed by atoms with van der Waals surface area (Å²) in [5.74, 6) is 1.18. The molecule has 0 spiro atoms. The number of fused-ring (bicyclic) bond motifs is 1. The summed E-state index contributed by atoms with van der Waals surface area (Å²) in [6, 6.07) is 4.14. The van der Waals surface area contributed by atoms with Gasteiger partial charge in [-0.2, -0.15) is 0 Å². The number of nitrogens with zero attached hydrogens (tertiary/aromatic N) is 1. The number of rotatable bonds is 3. The van der Waals surface area contributed by atoms with Crippen LogP contribution in [0, 0.1) is 5.92 Å². The molecule has 0 saturated heterocycles. The van der Waals surface area contributed by atoms with E-state index >= 15 is 0 Å². The van der Waals surface area contributed by atoms with E-state index < -0.39 is 0 Å². The van der Waals surface area contributed by atoms with Crippen LogP contribution in [0.4, 0.5) is 0 Å². The Bertz CT molecular complexity index is 460. The maximum absolute atomic E-state index is 12.7. The Morgan fingerprint density at radius 3 is 2.70 bits per heavy atom. The standard InChI is InChI=1S/C18H25NO/c20-17(13-14-7-3-1-2-4-8-14)16-11-5-9-15-10-6-12-19-18(15)16/h6,10,12,14,16H,1-5,7-9,11,13H2. The van der Waals surface area contributed by atoms with Crippen molar-refractivity contribution in [3.8, 4) is 0 Å². The molecule has 1 fully saturated rings. The van der Waals surface area contributed by atoms with Crippen LogP contribution >= 0.6 is 0 Å². The number of hydrogen-bond donors (Lipinski definition) is 0. The van der Waals surface area contributed by atoms with E-state index in [9.17, 15) is 4.79 Å². The lowest BCUT2D eigenvalue weighted by Crippen LogP contribution is -2.22. The normalized spacial score (nSPS) is 23.9. The van der Waals surface area contributed by atoms with Crippen LogP contribution in [0.15, 0.2) is 18.3 Å². The Balaban J connectivity index is 1.68. The predicted molar refractivity (Wildman–Crippen MR) is 80.7 cm³/mol. The van der Waals surface area contributed by atoms with Gasteiger partial charge in [-0.3, -0.25) is 9.78 Å². The molecule has 0 aliphatic heterocycles. The molecule has 108 valence electrons. The van der Waals surface area contributed by atoms with E-state index in [-0.39, 0.29) is 5.92 Å². The van der Waals surface area contributed by atoms with Crippen molar-refractivity contribution in [2.45, 2.75) is 70.1 Å². The van der Waals surface area contributed by atoms with Gasteiger partial charge in [0.2, 0.25) is 0 Å². The number of aryl methyl sites for hydroxylation is 1. The highest BCUT2D eigenvalue weighted by Gasteiger charge is 2.29. The zero-order valence-electron chi connectivity index (χ0n) is 12.3. The predicted octanol–water partition coefficient (Wildman–Crippen LogP) is 4.43. The molecule has 1 atom stereocenters. The maximum atomic E-state index is 12.7. The van der Waals surface area contributed by atoms with Crippen molar-refractivity contribution >= 4 is 5.78 Å². The van der Waals surface area contributed by atoms with Gasteiger partial charge < -0.3 is 0 Å². The fourth-order valence-electron chi connectivity index (χ4n) is 3.92. The molecule has 1 saturated carbocycles. The molecule has 0 N–H and O–H groups in total. The molecule has 0 aromatic carbocycles. The summed E-state index contributed by atoms with van der Waals surface area (Å²) in [6.07, 6.45) is 13.7. The van der Waals surface area contributed by atoms with Gasteiger partial charge in [-0.25, -0.2) is 0 Å². The molecule has 0 amide bonds. The highest BCUT2D eigenvalue weighted by molar-refractivity contribution is 5.86. The number of hydrogen-bond acceptors (Lipinski definition) is 2. The summed E-state index contributed by atoms with van der Waals surface area (Å²) < 4.78 is 0. The molecule has 20 heavy (non-hydrogen) atoms. The number of carbonyl (C=O) groups is 1. The highest BCUT2D eigenvalue weighted by Crippen LogP contribution is 2.34. The van der Waals surface area contributed by atoms with Crippen molar-refractivity contribution in [3.05, 3.63) is 29.6 Å². The molecule has 2 heteroatoms. The van der Waals surface area contributed by atoms with Crippen LogP contribution in [-0.4, -0.2) is 10.8 Å². The zero-order chi connectivity index (χ0) is 13.8. The Kier molecular flexibility index (Phi) is 4.49. The lowest BCUT2D eigenvalue weighted by molar-refractivity contribution is -0.121. The van der Waals surface area contributed by atoms with Gasteiger partial charge in [0.15, 0.2) is 0 Å². The number of aromatic nitrogens is 1. The van der Waals surface area contributed by atoms with E-state index in [1.54, 1.807) is 0 Å². The average Bonchev–Trinajstić information content (AvgIpc) is 2.75. The Labute approximate surface area is 122 Å². The smallest absolute Gasteiger partial charge is 0.142 e. The summed E-state index contributed by atoms with van der Waals surface area (Å²) in [5.41, 5.74) is 2.38. The van der Waals surface area contributed by atoms with Crippen molar-refractivity contribution in [2.75, 3.05) is 0 Å². The third-order valence-electron chi connectivity index (χ3n) is 5.05. The molecule has 2 nitrogen and oxygen atoms in total. The van der Waals surface area contributed by atoms with E-state index in [1.807, 2.05) is 12.3 Å². The van der Waals surface area contributed by atoms with E-state index in [2.05, 4.69) is 11.1 Å². The first-order valence-electron chi connectivity index (χ1n) is 8.31. The molecule has 2 aliphatic carbocycles. The van der Waals surface area contributed by atoms with Crippen molar-refractivity contribution < 1.29 is 4.79 Å². The fourth-order valence-corrected chi connectivity index (χ4v) is 3.92. The summed E-state index contributed by atoms with van der Waals surface area (Å²) in [7, 11) is 0. The molecular formula is C18H25NO. The second kappa shape index (κ2) is 6.51. The van der Waals surface area contributed by atoms with Crippen LogP contribution in [0.5, 0.6) is 0 Å². The number of Topliss-reactive ketones (excluding diaryl/α,β-unsaturated/α-hetero) is 1. The monoisotopic (exact) mass is 271 g/mol. The third kappa shape index (κ3) is 3.11. The zero-order valence-corrected chi connectivity index (χ0v) is 12.3. The number of pyridine rings is 1. The summed E-state index contributed by atoms with van der Waals surface area (Å²) in [4.78, 5) is 17.2. The van der Waals surface area contributed by atoms with E-state index in [0.29, 0.717) is 11.7 Å². The minimum atomic E-state index is 0.0863. The van der Waals surface area contributed by atoms with Gasteiger partial charge in [-0.1, -0.05) is 44.6 Å². The van der Waals surface area contributed by atoms with Crippen molar-refractivity contribution in [3.63, 3.8) is 0 Å². The van der Waals surface area contributed by atoms with Gasteiger partial charge >= 0.3 is 0 Å². The molecular weight excluding hydrogens is 246 g/mol. The van der Waals surface area contributed by atoms with E-state index in [1.165, 1.54) is 44.1 Å². The first kappa shape index (κ1) is 13.8. The van der Waals surface area contributed by atoms with Gasteiger partial charge in [-0.05, 0) is 36.8 Å². The summed E-state index contributed by atoms with van der Waals surface area (Å²) >= 11 is 0. The molecule has 3 rings (SSSR count). The van der Waals surface area contributed by atoms with Gasteiger partial charge in [-0.15, -0.1) is 0 Å². The van der Waals surface area contributed by atoms with Crippen LogP contribution in [0.2, 0.25) is 0 Å². The molecule has 0 radical (unpaired) electrons.